The predicted molar refractivity (Wildman–Crippen MR) is 98.3 cm³/mol. The summed E-state index contributed by atoms with van der Waals surface area (Å²) in [5, 5.41) is 2.17. The van der Waals surface area contributed by atoms with E-state index in [0.29, 0.717) is 5.04 Å². The van der Waals surface area contributed by atoms with Crippen LogP contribution in [0.3, 0.4) is 0 Å². The maximum atomic E-state index is 4.31. The van der Waals surface area contributed by atoms with E-state index in [1.807, 2.05) is 0 Å². The molecule has 0 aliphatic heterocycles. The minimum Gasteiger partial charge on any atom is -0.333 e. The predicted octanol–water partition coefficient (Wildman–Crippen LogP) is 5.58. The van der Waals surface area contributed by atoms with Crippen molar-refractivity contribution >= 4 is 15.3 Å². The highest BCUT2D eigenvalue weighted by molar-refractivity contribution is 7.44. The first-order valence-electron chi connectivity index (χ1n) is 8.53. The summed E-state index contributed by atoms with van der Waals surface area (Å²) in [7, 11) is -2.93. The van der Waals surface area contributed by atoms with E-state index in [9.17, 15) is 0 Å². The third kappa shape index (κ3) is 3.15. The Hall–Kier alpha value is 0.134. The monoisotopic (exact) mass is 311 g/mol. The summed E-state index contributed by atoms with van der Waals surface area (Å²) in [5.74, 6) is 0. The van der Waals surface area contributed by atoms with Crippen molar-refractivity contribution in [1.82, 2.24) is 4.98 Å². The van der Waals surface area contributed by atoms with E-state index in [1.54, 1.807) is 5.20 Å². The standard InChI is InChI=1S/C17H37NSi2/c1-9-15(3)20(10-2,18-16-13-11-12-14-16)19(7,8)17(4,5)6/h9,16,18H,10-14H2,1-8H3/b15-9+. The molecule has 1 aliphatic rings. The molecule has 1 aliphatic carbocycles. The first kappa shape index (κ1) is 18.2. The van der Waals surface area contributed by atoms with Gasteiger partial charge in [0, 0.05) is 6.04 Å². The molecule has 0 amide bonds. The van der Waals surface area contributed by atoms with Crippen LogP contribution in [0.4, 0.5) is 0 Å². The Morgan fingerprint density at radius 3 is 2.05 bits per heavy atom. The van der Waals surface area contributed by atoms with Gasteiger partial charge in [0.25, 0.3) is 0 Å². The van der Waals surface area contributed by atoms with Crippen molar-refractivity contribution < 1.29 is 0 Å². The number of hydrogen-bond donors (Lipinski definition) is 1. The van der Waals surface area contributed by atoms with Crippen LogP contribution >= 0.6 is 0 Å². The lowest BCUT2D eigenvalue weighted by molar-refractivity contribution is 0.629. The third-order valence-electron chi connectivity index (χ3n) is 6.38. The molecule has 0 aromatic carbocycles. The van der Waals surface area contributed by atoms with Crippen LogP contribution in [0, 0.1) is 0 Å². The zero-order valence-corrected chi connectivity index (χ0v) is 17.2. The van der Waals surface area contributed by atoms with Crippen LogP contribution in [0.25, 0.3) is 0 Å². The van der Waals surface area contributed by atoms with Crippen LogP contribution in [0.1, 0.15) is 67.2 Å². The van der Waals surface area contributed by atoms with E-state index in [0.717, 1.165) is 6.04 Å². The van der Waals surface area contributed by atoms with Crippen molar-refractivity contribution in [3.8, 4) is 0 Å². The average Bonchev–Trinajstić information content (AvgIpc) is 2.86. The molecule has 0 aromatic heterocycles. The van der Waals surface area contributed by atoms with Crippen LogP contribution in [0.15, 0.2) is 11.3 Å². The van der Waals surface area contributed by atoms with Crippen LogP contribution in [0.5, 0.6) is 0 Å². The fraction of sp³-hybridized carbons (Fsp3) is 0.882. The molecule has 3 heteroatoms. The van der Waals surface area contributed by atoms with Crippen molar-refractivity contribution in [3.63, 3.8) is 0 Å². The topological polar surface area (TPSA) is 12.0 Å². The van der Waals surface area contributed by atoms with Crippen LogP contribution < -0.4 is 4.98 Å². The van der Waals surface area contributed by atoms with Crippen molar-refractivity contribution in [2.45, 2.75) is 97.4 Å². The second kappa shape index (κ2) is 6.49. The zero-order valence-electron chi connectivity index (χ0n) is 15.2. The minimum atomic E-state index is -1.55. The Kier molecular flexibility index (Phi) is 5.90. The summed E-state index contributed by atoms with van der Waals surface area (Å²) in [6, 6.07) is 2.15. The summed E-state index contributed by atoms with van der Waals surface area (Å²) in [6.45, 7) is 19.9. The molecule has 1 unspecified atom stereocenters. The van der Waals surface area contributed by atoms with Crippen LogP contribution in [-0.2, 0) is 0 Å². The van der Waals surface area contributed by atoms with Gasteiger partial charge in [-0.1, -0.05) is 64.9 Å². The molecule has 1 saturated carbocycles. The van der Waals surface area contributed by atoms with Gasteiger partial charge in [-0.3, -0.25) is 0 Å². The normalized spacial score (nSPS) is 22.1. The van der Waals surface area contributed by atoms with E-state index < -0.39 is 15.3 Å². The lowest BCUT2D eigenvalue weighted by Gasteiger charge is -2.53. The summed E-state index contributed by atoms with van der Waals surface area (Å²) < 4.78 is 0. The number of allylic oxidation sites excluding steroid dienone is 2. The highest BCUT2D eigenvalue weighted by Gasteiger charge is 2.55. The van der Waals surface area contributed by atoms with Crippen LogP contribution in [0.2, 0.25) is 24.2 Å². The van der Waals surface area contributed by atoms with Gasteiger partial charge in [0.2, 0.25) is 0 Å². The molecule has 1 atom stereocenters. The summed E-state index contributed by atoms with van der Waals surface area (Å²) in [4.78, 5) is 4.31. The molecule has 20 heavy (non-hydrogen) atoms. The highest BCUT2D eigenvalue weighted by Crippen LogP contribution is 2.45. The van der Waals surface area contributed by atoms with Gasteiger partial charge in [0.1, 0.15) is 7.75 Å². The maximum absolute atomic E-state index is 4.31. The quantitative estimate of drug-likeness (QED) is 0.654. The Bertz CT molecular complexity index is 348. The van der Waals surface area contributed by atoms with Gasteiger partial charge in [-0.15, -0.1) is 0 Å². The second-order valence-electron chi connectivity index (χ2n) is 8.23. The van der Waals surface area contributed by atoms with Crippen molar-refractivity contribution in [3.05, 3.63) is 11.3 Å². The fourth-order valence-electron chi connectivity index (χ4n) is 3.92. The van der Waals surface area contributed by atoms with E-state index in [-0.39, 0.29) is 0 Å². The summed E-state index contributed by atoms with van der Waals surface area (Å²) >= 11 is 0. The smallest absolute Gasteiger partial charge is 0.142 e. The number of nitrogens with one attached hydrogen (secondary N) is 1. The molecular weight excluding hydrogens is 274 g/mol. The van der Waals surface area contributed by atoms with E-state index in [4.69, 9.17) is 0 Å². The fourth-order valence-corrected chi connectivity index (χ4v) is 21.5. The van der Waals surface area contributed by atoms with Crippen molar-refractivity contribution in [2.75, 3.05) is 0 Å². The van der Waals surface area contributed by atoms with Gasteiger partial charge in [0.15, 0.2) is 0 Å². The molecule has 1 N–H and O–H groups in total. The van der Waals surface area contributed by atoms with E-state index in [2.05, 4.69) is 65.7 Å². The van der Waals surface area contributed by atoms with Gasteiger partial charge in [-0.2, -0.15) is 0 Å². The molecule has 0 spiro atoms. The second-order valence-corrected chi connectivity index (χ2v) is 22.9. The molecule has 0 saturated heterocycles. The summed E-state index contributed by atoms with van der Waals surface area (Å²) in [5.41, 5.74) is 0. The molecule has 118 valence electrons. The Labute approximate surface area is 129 Å². The molecular formula is C17H37NSi2. The molecule has 1 rings (SSSR count). The lowest BCUT2D eigenvalue weighted by atomic mass is 10.2. The van der Waals surface area contributed by atoms with Gasteiger partial charge in [0.05, 0.1) is 7.59 Å². The van der Waals surface area contributed by atoms with Gasteiger partial charge < -0.3 is 4.98 Å². The van der Waals surface area contributed by atoms with Crippen molar-refractivity contribution in [1.29, 1.82) is 0 Å². The Morgan fingerprint density at radius 1 is 1.20 bits per heavy atom. The van der Waals surface area contributed by atoms with Gasteiger partial charge >= 0.3 is 0 Å². The lowest BCUT2D eigenvalue weighted by Crippen LogP contribution is -2.74. The molecule has 0 aromatic rings. The Morgan fingerprint density at radius 2 is 1.70 bits per heavy atom. The third-order valence-corrected chi connectivity index (χ3v) is 27.2. The van der Waals surface area contributed by atoms with E-state index >= 15 is 0 Å². The first-order valence-corrected chi connectivity index (χ1v) is 14.7. The molecule has 0 radical (unpaired) electrons. The average molecular weight is 312 g/mol. The number of hydrogen-bond acceptors (Lipinski definition) is 1. The highest BCUT2D eigenvalue weighted by atomic mass is 29.3. The SMILES string of the molecule is C/C=C(\C)[Si](CC)(NC1CCCC1)[Si](C)(C)C(C)(C)C. The van der Waals surface area contributed by atoms with Crippen molar-refractivity contribution in [2.24, 2.45) is 0 Å². The number of rotatable bonds is 5. The van der Waals surface area contributed by atoms with Crippen LogP contribution in [-0.4, -0.2) is 21.4 Å². The molecule has 1 fully saturated rings. The molecule has 1 nitrogen and oxygen atoms in total. The van der Waals surface area contributed by atoms with E-state index in [1.165, 1.54) is 31.7 Å². The minimum absolute atomic E-state index is 0.463. The largest absolute Gasteiger partial charge is 0.333 e. The summed E-state index contributed by atoms with van der Waals surface area (Å²) in [6.07, 6.45) is 8.08. The molecule has 0 bridgehead atoms. The van der Waals surface area contributed by atoms with Gasteiger partial charge in [-0.05, 0) is 37.8 Å². The first-order chi connectivity index (χ1) is 9.12. The maximum Gasteiger partial charge on any atom is 0.142 e. The zero-order chi connectivity index (χ0) is 15.6. The molecule has 0 heterocycles. The Balaban J connectivity index is 3.24. The van der Waals surface area contributed by atoms with Gasteiger partial charge in [-0.25, -0.2) is 0 Å².